The van der Waals surface area contributed by atoms with E-state index < -0.39 is 12.0 Å². The van der Waals surface area contributed by atoms with Gasteiger partial charge in [0.1, 0.15) is 11.8 Å². The van der Waals surface area contributed by atoms with Crippen LogP contribution in [0.25, 0.3) is 5.69 Å². The van der Waals surface area contributed by atoms with E-state index in [1.807, 2.05) is 31.2 Å². The summed E-state index contributed by atoms with van der Waals surface area (Å²) in [5.74, 6) is -0.114. The summed E-state index contributed by atoms with van der Waals surface area (Å²) in [7, 11) is 0. The Labute approximate surface area is 161 Å². The van der Waals surface area contributed by atoms with E-state index in [4.69, 9.17) is 27.3 Å². The number of aromatic nitrogens is 2. The topological polar surface area (TPSA) is 93.9 Å². The highest BCUT2D eigenvalue weighted by atomic mass is 35.5. The number of carbonyl (C=O) groups excluding carboxylic acids is 1. The van der Waals surface area contributed by atoms with Gasteiger partial charge in [0, 0.05) is 5.56 Å². The molecule has 2 N–H and O–H groups in total. The summed E-state index contributed by atoms with van der Waals surface area (Å²) >= 11 is 6.13. The number of ether oxygens (including phenoxy) is 1. The molecule has 0 aliphatic carbocycles. The van der Waals surface area contributed by atoms with Crippen LogP contribution in [0.2, 0.25) is 5.02 Å². The SMILES string of the molecule is Cc1nn(-c2ccc(C#N)c(Cl)c2)c(C)c1OC(C(N)=O)c1ccccc1. The van der Waals surface area contributed by atoms with E-state index in [-0.39, 0.29) is 0 Å². The number of rotatable bonds is 5. The minimum absolute atomic E-state index is 0.337. The second-order valence-electron chi connectivity index (χ2n) is 6.00. The molecule has 2 aromatic carbocycles. The van der Waals surface area contributed by atoms with Gasteiger partial charge in [0.05, 0.1) is 22.0 Å². The second-order valence-corrected chi connectivity index (χ2v) is 6.41. The number of nitriles is 1. The quantitative estimate of drug-likeness (QED) is 0.731. The van der Waals surface area contributed by atoms with E-state index in [1.54, 1.807) is 41.9 Å². The molecule has 0 radical (unpaired) electrons. The molecule has 1 atom stereocenters. The number of nitrogens with two attached hydrogens (primary N) is 1. The van der Waals surface area contributed by atoms with Gasteiger partial charge in [-0.15, -0.1) is 0 Å². The normalized spacial score (nSPS) is 11.6. The number of aryl methyl sites for hydroxylation is 1. The maximum Gasteiger partial charge on any atom is 0.263 e. The first-order chi connectivity index (χ1) is 12.9. The summed E-state index contributed by atoms with van der Waals surface area (Å²) in [5.41, 5.74) is 8.58. The zero-order chi connectivity index (χ0) is 19.6. The lowest BCUT2D eigenvalue weighted by Gasteiger charge is -2.16. The van der Waals surface area contributed by atoms with Gasteiger partial charge < -0.3 is 10.5 Å². The zero-order valence-corrected chi connectivity index (χ0v) is 15.6. The van der Waals surface area contributed by atoms with Crippen molar-refractivity contribution in [1.29, 1.82) is 5.26 Å². The van der Waals surface area contributed by atoms with Crippen molar-refractivity contribution in [1.82, 2.24) is 9.78 Å². The molecule has 0 fully saturated rings. The molecule has 0 bridgehead atoms. The third-order valence-corrected chi connectivity index (χ3v) is 4.45. The Kier molecular flexibility index (Phi) is 5.15. The van der Waals surface area contributed by atoms with Gasteiger partial charge in [-0.05, 0) is 32.0 Å². The van der Waals surface area contributed by atoms with Crippen LogP contribution in [0.1, 0.15) is 28.6 Å². The number of primary amides is 1. The Hall–Kier alpha value is -3.30. The Bertz CT molecular complexity index is 1040. The minimum atomic E-state index is -0.925. The van der Waals surface area contributed by atoms with E-state index in [0.717, 1.165) is 0 Å². The van der Waals surface area contributed by atoms with E-state index >= 15 is 0 Å². The largest absolute Gasteiger partial charge is 0.472 e. The zero-order valence-electron chi connectivity index (χ0n) is 14.8. The molecule has 1 amide bonds. The first-order valence-electron chi connectivity index (χ1n) is 8.19. The fourth-order valence-electron chi connectivity index (χ4n) is 2.81. The average molecular weight is 381 g/mol. The molecule has 27 heavy (non-hydrogen) atoms. The number of carbonyl (C=O) groups is 1. The molecule has 6 nitrogen and oxygen atoms in total. The molecule has 3 rings (SSSR count). The van der Waals surface area contributed by atoms with Crippen LogP contribution in [0.15, 0.2) is 48.5 Å². The summed E-state index contributed by atoms with van der Waals surface area (Å²) in [4.78, 5) is 11.9. The van der Waals surface area contributed by atoms with Crippen LogP contribution in [0.4, 0.5) is 0 Å². The van der Waals surface area contributed by atoms with Crippen LogP contribution >= 0.6 is 11.6 Å². The van der Waals surface area contributed by atoms with E-state index in [1.165, 1.54) is 0 Å². The fraction of sp³-hybridized carbons (Fsp3) is 0.150. The number of nitrogens with zero attached hydrogens (tertiary/aromatic N) is 3. The van der Waals surface area contributed by atoms with E-state index in [9.17, 15) is 4.79 Å². The molecule has 0 saturated carbocycles. The van der Waals surface area contributed by atoms with Crippen molar-refractivity contribution in [2.75, 3.05) is 0 Å². The molecule has 7 heteroatoms. The van der Waals surface area contributed by atoms with Gasteiger partial charge in [-0.1, -0.05) is 41.9 Å². The standard InChI is InChI=1S/C20H17ClN4O2/c1-12-18(27-19(20(23)26)14-6-4-3-5-7-14)13(2)25(24-12)16-9-8-15(11-22)17(21)10-16/h3-10,19H,1-2H3,(H2,23,26). The highest BCUT2D eigenvalue weighted by molar-refractivity contribution is 6.31. The van der Waals surface area contributed by atoms with Crippen molar-refractivity contribution in [2.45, 2.75) is 20.0 Å². The van der Waals surface area contributed by atoms with E-state index in [0.29, 0.717) is 39.0 Å². The highest BCUT2D eigenvalue weighted by Gasteiger charge is 2.24. The van der Waals surface area contributed by atoms with Crippen LogP contribution in [-0.2, 0) is 4.79 Å². The van der Waals surface area contributed by atoms with Gasteiger partial charge in [0.15, 0.2) is 5.75 Å². The highest BCUT2D eigenvalue weighted by Crippen LogP contribution is 2.31. The average Bonchev–Trinajstić information content (AvgIpc) is 2.94. The maximum absolute atomic E-state index is 11.9. The number of amides is 1. The third kappa shape index (κ3) is 3.64. The first-order valence-corrected chi connectivity index (χ1v) is 8.57. The van der Waals surface area contributed by atoms with Gasteiger partial charge in [-0.2, -0.15) is 10.4 Å². The number of halogens is 1. The Morgan fingerprint density at radius 3 is 2.56 bits per heavy atom. The van der Waals surface area contributed by atoms with Gasteiger partial charge in [-0.3, -0.25) is 4.79 Å². The van der Waals surface area contributed by atoms with Gasteiger partial charge in [-0.25, -0.2) is 4.68 Å². The van der Waals surface area contributed by atoms with Gasteiger partial charge in [0.2, 0.25) is 6.10 Å². The van der Waals surface area contributed by atoms with Crippen molar-refractivity contribution < 1.29 is 9.53 Å². The molecule has 0 spiro atoms. The van der Waals surface area contributed by atoms with Gasteiger partial charge >= 0.3 is 0 Å². The lowest BCUT2D eigenvalue weighted by Crippen LogP contribution is -2.26. The summed E-state index contributed by atoms with van der Waals surface area (Å²) in [5, 5.41) is 13.8. The van der Waals surface area contributed by atoms with Crippen molar-refractivity contribution >= 4 is 17.5 Å². The van der Waals surface area contributed by atoms with Crippen molar-refractivity contribution in [3.8, 4) is 17.5 Å². The second kappa shape index (κ2) is 7.52. The summed E-state index contributed by atoms with van der Waals surface area (Å²) in [6.45, 7) is 3.61. The number of hydrogen-bond donors (Lipinski definition) is 1. The Balaban J connectivity index is 2.00. The maximum atomic E-state index is 11.9. The fourth-order valence-corrected chi connectivity index (χ4v) is 3.03. The summed E-state index contributed by atoms with van der Waals surface area (Å²) in [6.07, 6.45) is -0.925. The lowest BCUT2D eigenvalue weighted by molar-refractivity contribution is -0.125. The monoisotopic (exact) mass is 380 g/mol. The van der Waals surface area contributed by atoms with E-state index in [2.05, 4.69) is 5.10 Å². The molecule has 0 aliphatic rings. The third-order valence-electron chi connectivity index (χ3n) is 4.14. The van der Waals surface area contributed by atoms with Gasteiger partial charge in [0.25, 0.3) is 5.91 Å². The smallest absolute Gasteiger partial charge is 0.263 e. The molecule has 0 aliphatic heterocycles. The molecular formula is C20H17ClN4O2. The van der Waals surface area contributed by atoms with Crippen LogP contribution in [0.3, 0.4) is 0 Å². The number of hydrogen-bond acceptors (Lipinski definition) is 4. The van der Waals surface area contributed by atoms with Crippen LogP contribution in [0, 0.1) is 25.2 Å². The van der Waals surface area contributed by atoms with Crippen LogP contribution in [-0.4, -0.2) is 15.7 Å². The molecular weight excluding hydrogens is 364 g/mol. The predicted octanol–water partition coefficient (Wildman–Crippen LogP) is 3.62. The molecule has 1 heterocycles. The first kappa shape index (κ1) is 18.5. The molecule has 0 saturated heterocycles. The van der Waals surface area contributed by atoms with Crippen LogP contribution in [0.5, 0.6) is 5.75 Å². The van der Waals surface area contributed by atoms with Crippen molar-refractivity contribution in [2.24, 2.45) is 5.73 Å². The molecule has 1 unspecified atom stereocenters. The summed E-state index contributed by atoms with van der Waals surface area (Å²) < 4.78 is 7.61. The van der Waals surface area contributed by atoms with Crippen molar-refractivity contribution in [3.05, 3.63) is 76.1 Å². The number of benzene rings is 2. The predicted molar refractivity (Wildman–Crippen MR) is 102 cm³/mol. The van der Waals surface area contributed by atoms with Crippen LogP contribution < -0.4 is 10.5 Å². The molecule has 3 aromatic rings. The summed E-state index contributed by atoms with van der Waals surface area (Å²) in [6, 6.07) is 16.1. The Morgan fingerprint density at radius 1 is 1.26 bits per heavy atom. The lowest BCUT2D eigenvalue weighted by atomic mass is 10.1. The minimum Gasteiger partial charge on any atom is -0.472 e. The molecule has 1 aromatic heterocycles. The Morgan fingerprint density at radius 2 is 1.96 bits per heavy atom. The molecule has 136 valence electrons. The van der Waals surface area contributed by atoms with Crippen molar-refractivity contribution in [3.63, 3.8) is 0 Å².